The highest BCUT2D eigenvalue weighted by molar-refractivity contribution is 7.17. The molecular weight excluding hydrogens is 322 g/mol. The SMILES string of the molecule is CCOc1ccc(-c2nc(C)c(C(=O)N[C@H]3CCCNC3)s2)cc1. The van der Waals surface area contributed by atoms with E-state index in [9.17, 15) is 4.79 Å². The van der Waals surface area contributed by atoms with E-state index in [0.717, 1.165) is 47.9 Å². The molecule has 3 rings (SSSR count). The summed E-state index contributed by atoms with van der Waals surface area (Å²) in [6.07, 6.45) is 2.13. The van der Waals surface area contributed by atoms with Crippen molar-refractivity contribution in [2.24, 2.45) is 0 Å². The zero-order valence-electron chi connectivity index (χ0n) is 14.1. The van der Waals surface area contributed by atoms with E-state index in [1.54, 1.807) is 0 Å². The minimum Gasteiger partial charge on any atom is -0.494 e. The van der Waals surface area contributed by atoms with Crippen LogP contribution in [0.25, 0.3) is 10.6 Å². The molecule has 128 valence electrons. The van der Waals surface area contributed by atoms with Gasteiger partial charge in [-0.05, 0) is 57.5 Å². The highest BCUT2D eigenvalue weighted by Crippen LogP contribution is 2.29. The summed E-state index contributed by atoms with van der Waals surface area (Å²) in [5.41, 5.74) is 1.79. The molecule has 2 heterocycles. The summed E-state index contributed by atoms with van der Waals surface area (Å²) >= 11 is 1.44. The van der Waals surface area contributed by atoms with Gasteiger partial charge in [-0.15, -0.1) is 11.3 Å². The predicted molar refractivity (Wildman–Crippen MR) is 96.8 cm³/mol. The molecule has 1 aromatic heterocycles. The van der Waals surface area contributed by atoms with E-state index in [1.165, 1.54) is 11.3 Å². The van der Waals surface area contributed by atoms with Crippen LogP contribution in [-0.4, -0.2) is 36.6 Å². The van der Waals surface area contributed by atoms with Gasteiger partial charge in [0.15, 0.2) is 0 Å². The number of thiazole rings is 1. The maximum atomic E-state index is 12.5. The number of benzene rings is 1. The third-order valence-electron chi connectivity index (χ3n) is 4.05. The number of rotatable bonds is 5. The van der Waals surface area contributed by atoms with Gasteiger partial charge in [0.2, 0.25) is 0 Å². The highest BCUT2D eigenvalue weighted by Gasteiger charge is 2.20. The molecule has 2 N–H and O–H groups in total. The lowest BCUT2D eigenvalue weighted by molar-refractivity contribution is 0.0934. The van der Waals surface area contributed by atoms with Gasteiger partial charge >= 0.3 is 0 Å². The maximum absolute atomic E-state index is 12.5. The Balaban J connectivity index is 1.72. The van der Waals surface area contributed by atoms with Gasteiger partial charge < -0.3 is 15.4 Å². The van der Waals surface area contributed by atoms with Crippen LogP contribution in [0.2, 0.25) is 0 Å². The van der Waals surface area contributed by atoms with Crippen molar-refractivity contribution in [3.63, 3.8) is 0 Å². The van der Waals surface area contributed by atoms with Gasteiger partial charge in [-0.25, -0.2) is 4.98 Å². The van der Waals surface area contributed by atoms with Crippen LogP contribution >= 0.6 is 11.3 Å². The average molecular weight is 345 g/mol. The molecule has 1 aromatic carbocycles. The molecule has 2 aromatic rings. The van der Waals surface area contributed by atoms with Crippen LogP contribution in [0, 0.1) is 6.92 Å². The monoisotopic (exact) mass is 345 g/mol. The first-order chi connectivity index (χ1) is 11.7. The van der Waals surface area contributed by atoms with Crippen LogP contribution in [0.5, 0.6) is 5.75 Å². The number of ether oxygens (including phenoxy) is 1. The number of nitrogens with one attached hydrogen (secondary N) is 2. The summed E-state index contributed by atoms with van der Waals surface area (Å²) in [5.74, 6) is 0.827. The molecule has 0 aliphatic carbocycles. The summed E-state index contributed by atoms with van der Waals surface area (Å²) in [4.78, 5) is 17.8. The van der Waals surface area contributed by atoms with Crippen LogP contribution in [0.1, 0.15) is 35.1 Å². The van der Waals surface area contributed by atoms with Crippen molar-refractivity contribution in [2.45, 2.75) is 32.7 Å². The smallest absolute Gasteiger partial charge is 0.263 e. The standard InChI is InChI=1S/C18H23N3O2S/c1-3-23-15-8-6-13(7-9-15)18-20-12(2)16(24-18)17(22)21-14-5-4-10-19-11-14/h6-9,14,19H,3-5,10-11H2,1-2H3,(H,21,22)/t14-/m0/s1. The van der Waals surface area contributed by atoms with Gasteiger partial charge in [0, 0.05) is 18.2 Å². The van der Waals surface area contributed by atoms with Crippen molar-refractivity contribution in [1.29, 1.82) is 0 Å². The van der Waals surface area contributed by atoms with Gasteiger partial charge in [0.05, 0.1) is 12.3 Å². The fourth-order valence-electron chi connectivity index (χ4n) is 2.82. The third-order valence-corrected chi connectivity index (χ3v) is 5.25. The Kier molecular flexibility index (Phi) is 5.48. The molecule has 6 heteroatoms. The molecule has 1 atom stereocenters. The number of hydrogen-bond acceptors (Lipinski definition) is 5. The first kappa shape index (κ1) is 16.9. The molecule has 0 unspecified atom stereocenters. The van der Waals surface area contributed by atoms with Crippen molar-refractivity contribution < 1.29 is 9.53 Å². The van der Waals surface area contributed by atoms with Crippen LogP contribution in [-0.2, 0) is 0 Å². The zero-order chi connectivity index (χ0) is 16.9. The van der Waals surface area contributed by atoms with E-state index < -0.39 is 0 Å². The molecule has 0 bridgehead atoms. The lowest BCUT2D eigenvalue weighted by atomic mass is 10.1. The number of carbonyl (C=O) groups excluding carboxylic acids is 1. The second-order valence-electron chi connectivity index (χ2n) is 5.91. The minimum atomic E-state index is -0.0177. The molecule has 24 heavy (non-hydrogen) atoms. The van der Waals surface area contributed by atoms with Crippen LogP contribution in [0.15, 0.2) is 24.3 Å². The Morgan fingerprint density at radius 1 is 1.42 bits per heavy atom. The van der Waals surface area contributed by atoms with Gasteiger partial charge in [0.1, 0.15) is 15.6 Å². The van der Waals surface area contributed by atoms with E-state index in [4.69, 9.17) is 4.74 Å². The lowest BCUT2D eigenvalue weighted by Gasteiger charge is -2.23. The first-order valence-corrected chi connectivity index (χ1v) is 9.21. The summed E-state index contributed by atoms with van der Waals surface area (Å²) in [6, 6.07) is 8.04. The number of piperidine rings is 1. The fraction of sp³-hybridized carbons (Fsp3) is 0.444. The molecule has 0 saturated carbocycles. The number of carbonyl (C=O) groups is 1. The average Bonchev–Trinajstić information content (AvgIpc) is 2.99. The third kappa shape index (κ3) is 3.94. The Bertz CT molecular complexity index is 691. The highest BCUT2D eigenvalue weighted by atomic mass is 32.1. The molecule has 1 amide bonds. The van der Waals surface area contributed by atoms with Crippen LogP contribution < -0.4 is 15.4 Å². The van der Waals surface area contributed by atoms with Gasteiger partial charge in [-0.3, -0.25) is 4.79 Å². The molecular formula is C18H23N3O2S. The minimum absolute atomic E-state index is 0.0177. The van der Waals surface area contributed by atoms with Crippen LogP contribution in [0.4, 0.5) is 0 Å². The van der Waals surface area contributed by atoms with E-state index in [1.807, 2.05) is 38.1 Å². The Hall–Kier alpha value is -1.92. The van der Waals surface area contributed by atoms with E-state index in [2.05, 4.69) is 15.6 Å². The van der Waals surface area contributed by atoms with Gasteiger partial charge in [-0.2, -0.15) is 0 Å². The van der Waals surface area contributed by atoms with Crippen molar-refractivity contribution in [1.82, 2.24) is 15.6 Å². The summed E-state index contributed by atoms with van der Waals surface area (Å²) in [7, 11) is 0. The maximum Gasteiger partial charge on any atom is 0.263 e. The number of aromatic nitrogens is 1. The number of hydrogen-bond donors (Lipinski definition) is 2. The molecule has 1 aliphatic heterocycles. The normalized spacial score (nSPS) is 17.5. The van der Waals surface area contributed by atoms with Crippen molar-refractivity contribution >= 4 is 17.2 Å². The lowest BCUT2D eigenvalue weighted by Crippen LogP contribution is -2.45. The number of aryl methyl sites for hydroxylation is 1. The van der Waals surface area contributed by atoms with Gasteiger partial charge in [0.25, 0.3) is 5.91 Å². The van der Waals surface area contributed by atoms with Crippen molar-refractivity contribution in [3.05, 3.63) is 34.8 Å². The van der Waals surface area contributed by atoms with E-state index >= 15 is 0 Å². The quantitative estimate of drug-likeness (QED) is 0.874. The van der Waals surface area contributed by atoms with E-state index in [0.29, 0.717) is 11.5 Å². The molecule has 0 radical (unpaired) electrons. The molecule has 1 fully saturated rings. The fourth-order valence-corrected chi connectivity index (χ4v) is 3.79. The molecule has 1 saturated heterocycles. The number of amides is 1. The van der Waals surface area contributed by atoms with Crippen LogP contribution in [0.3, 0.4) is 0 Å². The molecule has 0 spiro atoms. The van der Waals surface area contributed by atoms with Gasteiger partial charge in [-0.1, -0.05) is 0 Å². The van der Waals surface area contributed by atoms with E-state index in [-0.39, 0.29) is 11.9 Å². The number of nitrogens with zero attached hydrogens (tertiary/aromatic N) is 1. The Labute approximate surface area is 146 Å². The first-order valence-electron chi connectivity index (χ1n) is 8.39. The largest absolute Gasteiger partial charge is 0.494 e. The zero-order valence-corrected chi connectivity index (χ0v) is 14.9. The van der Waals surface area contributed by atoms with Crippen molar-refractivity contribution in [3.8, 4) is 16.3 Å². The molecule has 5 nitrogen and oxygen atoms in total. The molecule has 1 aliphatic rings. The Morgan fingerprint density at radius 3 is 2.88 bits per heavy atom. The second kappa shape index (κ2) is 7.77. The summed E-state index contributed by atoms with van der Waals surface area (Å²) < 4.78 is 5.46. The Morgan fingerprint density at radius 2 is 2.21 bits per heavy atom. The predicted octanol–water partition coefficient (Wildman–Crippen LogP) is 3.00. The summed E-state index contributed by atoms with van der Waals surface area (Å²) in [5, 5.41) is 7.29. The van der Waals surface area contributed by atoms with Crippen molar-refractivity contribution in [2.75, 3.05) is 19.7 Å². The summed E-state index contributed by atoms with van der Waals surface area (Å²) in [6.45, 7) is 6.38. The topological polar surface area (TPSA) is 63.2 Å². The second-order valence-corrected chi connectivity index (χ2v) is 6.91.